The number of carbonyl (C=O) groups excluding carboxylic acids is 1. The smallest absolute Gasteiger partial charge is 0.242 e. The van der Waals surface area contributed by atoms with Crippen molar-refractivity contribution >= 4 is 30.1 Å². The molecule has 0 saturated heterocycles. The van der Waals surface area contributed by atoms with Gasteiger partial charge in [0.25, 0.3) is 0 Å². The third kappa shape index (κ3) is 5.16. The maximum Gasteiger partial charge on any atom is 0.242 e. The molecule has 1 aliphatic carbocycles. The van der Waals surface area contributed by atoms with Crippen LogP contribution >= 0.6 is 24.2 Å². The van der Waals surface area contributed by atoms with E-state index in [1.165, 1.54) is 12.2 Å². The topological polar surface area (TPSA) is 46.3 Å². The van der Waals surface area contributed by atoms with Crippen LogP contribution in [0, 0.1) is 0 Å². The Morgan fingerprint density at radius 2 is 2.05 bits per heavy atom. The fourth-order valence-electron chi connectivity index (χ4n) is 2.85. The molecular weight excluding hydrogens is 280 g/mol. The lowest BCUT2D eigenvalue weighted by Crippen LogP contribution is -2.54. The van der Waals surface area contributed by atoms with Gasteiger partial charge in [-0.3, -0.25) is 4.79 Å². The molecule has 0 spiro atoms. The normalized spacial score (nSPS) is 25.5. The Labute approximate surface area is 128 Å². The van der Waals surface area contributed by atoms with Gasteiger partial charge in [0.15, 0.2) is 0 Å². The van der Waals surface area contributed by atoms with Gasteiger partial charge in [0.1, 0.15) is 0 Å². The molecule has 0 aromatic heterocycles. The summed E-state index contributed by atoms with van der Waals surface area (Å²) in [5.41, 5.74) is 5.44. The summed E-state index contributed by atoms with van der Waals surface area (Å²) in [6.07, 6.45) is 5.20. The van der Waals surface area contributed by atoms with Crippen LogP contribution in [0.5, 0.6) is 0 Å². The fourth-order valence-corrected chi connectivity index (χ4v) is 3.98. The van der Waals surface area contributed by atoms with Crippen molar-refractivity contribution in [3.05, 3.63) is 0 Å². The summed E-state index contributed by atoms with van der Waals surface area (Å²) >= 11 is 2.02. The molecule has 114 valence electrons. The number of rotatable bonds is 6. The zero-order chi connectivity index (χ0) is 13.8. The molecule has 19 heavy (non-hydrogen) atoms. The first-order valence-corrected chi connectivity index (χ1v) is 8.15. The quantitative estimate of drug-likeness (QED) is 0.820. The molecule has 1 rings (SSSR count). The third-order valence-corrected chi connectivity index (χ3v) is 5.12. The molecule has 0 aliphatic heterocycles. The second-order valence-electron chi connectivity index (χ2n) is 5.63. The Morgan fingerprint density at radius 3 is 2.58 bits per heavy atom. The molecule has 1 saturated carbocycles. The summed E-state index contributed by atoms with van der Waals surface area (Å²) in [5.74, 6) is 1.27. The van der Waals surface area contributed by atoms with Crippen LogP contribution in [0.4, 0.5) is 0 Å². The Morgan fingerprint density at radius 1 is 1.42 bits per heavy atom. The van der Waals surface area contributed by atoms with E-state index >= 15 is 0 Å². The second kappa shape index (κ2) is 8.38. The van der Waals surface area contributed by atoms with Crippen molar-refractivity contribution in [2.45, 2.75) is 69.7 Å². The lowest BCUT2D eigenvalue weighted by atomic mass is 9.95. The van der Waals surface area contributed by atoms with E-state index < -0.39 is 5.54 Å². The molecule has 0 bridgehead atoms. The third-order valence-electron chi connectivity index (χ3n) is 3.89. The number of carbonyl (C=O) groups is 1. The first-order valence-electron chi connectivity index (χ1n) is 7.10. The van der Waals surface area contributed by atoms with Crippen molar-refractivity contribution in [2.75, 3.05) is 12.8 Å². The van der Waals surface area contributed by atoms with Gasteiger partial charge in [-0.25, -0.2) is 0 Å². The Hall–Kier alpha value is 0.0700. The summed E-state index contributed by atoms with van der Waals surface area (Å²) in [7, 11) is 1.92. The van der Waals surface area contributed by atoms with E-state index in [1.54, 1.807) is 0 Å². The maximum absolute atomic E-state index is 12.4. The van der Waals surface area contributed by atoms with E-state index in [-0.39, 0.29) is 18.3 Å². The summed E-state index contributed by atoms with van der Waals surface area (Å²) in [5, 5.41) is 0.727. The van der Waals surface area contributed by atoms with Gasteiger partial charge in [0.05, 0.1) is 5.54 Å². The highest BCUT2D eigenvalue weighted by molar-refractivity contribution is 7.99. The number of amides is 1. The minimum absolute atomic E-state index is 0. The van der Waals surface area contributed by atoms with E-state index in [0.29, 0.717) is 6.04 Å². The summed E-state index contributed by atoms with van der Waals surface area (Å²) < 4.78 is 0. The molecule has 0 radical (unpaired) electrons. The number of halogens is 1. The Balaban J connectivity index is 0.00000324. The van der Waals surface area contributed by atoms with Crippen LogP contribution in [0.1, 0.15) is 52.9 Å². The molecule has 1 fully saturated rings. The lowest BCUT2D eigenvalue weighted by Gasteiger charge is -2.33. The fraction of sp³-hybridized carbons (Fsp3) is 0.929. The van der Waals surface area contributed by atoms with Crippen molar-refractivity contribution < 1.29 is 4.79 Å². The SMILES string of the molecule is CCCC(C)(N)C(=O)N(C)C1CCC(SCC)C1.Cl. The van der Waals surface area contributed by atoms with E-state index in [1.807, 2.05) is 30.6 Å². The molecule has 5 heteroatoms. The minimum Gasteiger partial charge on any atom is -0.341 e. The zero-order valence-corrected chi connectivity index (χ0v) is 14.3. The molecule has 2 N–H and O–H groups in total. The molecule has 3 nitrogen and oxygen atoms in total. The van der Waals surface area contributed by atoms with Gasteiger partial charge in [-0.2, -0.15) is 11.8 Å². The number of nitrogens with two attached hydrogens (primary N) is 1. The van der Waals surface area contributed by atoms with Crippen molar-refractivity contribution in [3.8, 4) is 0 Å². The van der Waals surface area contributed by atoms with E-state index in [2.05, 4.69) is 13.8 Å². The Bertz CT molecular complexity index is 287. The van der Waals surface area contributed by atoms with Crippen LogP contribution in [-0.2, 0) is 4.79 Å². The van der Waals surface area contributed by atoms with Gasteiger partial charge in [-0.15, -0.1) is 12.4 Å². The monoisotopic (exact) mass is 308 g/mol. The largest absolute Gasteiger partial charge is 0.341 e. The highest BCUT2D eigenvalue weighted by atomic mass is 35.5. The van der Waals surface area contributed by atoms with Crippen LogP contribution in [0.15, 0.2) is 0 Å². The Kier molecular flexibility index (Phi) is 8.41. The predicted molar refractivity (Wildman–Crippen MR) is 87.1 cm³/mol. The van der Waals surface area contributed by atoms with E-state index in [0.717, 1.165) is 30.9 Å². The lowest BCUT2D eigenvalue weighted by molar-refractivity contribution is -0.137. The van der Waals surface area contributed by atoms with E-state index in [9.17, 15) is 4.79 Å². The highest BCUT2D eigenvalue weighted by Gasteiger charge is 2.36. The second-order valence-corrected chi connectivity index (χ2v) is 7.21. The molecule has 0 aromatic rings. The molecular formula is C14H29ClN2OS. The predicted octanol–water partition coefficient (Wildman–Crippen LogP) is 3.06. The molecule has 0 aromatic carbocycles. The molecule has 1 amide bonds. The van der Waals surface area contributed by atoms with Crippen molar-refractivity contribution in [1.29, 1.82) is 0 Å². The number of hydrogen-bond acceptors (Lipinski definition) is 3. The van der Waals surface area contributed by atoms with Crippen molar-refractivity contribution in [1.82, 2.24) is 4.90 Å². The van der Waals surface area contributed by atoms with Crippen LogP contribution in [-0.4, -0.2) is 40.4 Å². The van der Waals surface area contributed by atoms with Gasteiger partial charge in [0, 0.05) is 18.3 Å². The molecule has 3 atom stereocenters. The van der Waals surface area contributed by atoms with Crippen LogP contribution in [0.3, 0.4) is 0 Å². The van der Waals surface area contributed by atoms with Gasteiger partial charge in [-0.1, -0.05) is 20.3 Å². The van der Waals surface area contributed by atoms with Crippen molar-refractivity contribution in [3.63, 3.8) is 0 Å². The number of hydrogen-bond donors (Lipinski definition) is 1. The van der Waals surface area contributed by atoms with E-state index in [4.69, 9.17) is 5.73 Å². The molecule has 1 aliphatic rings. The number of nitrogens with zero attached hydrogens (tertiary/aromatic N) is 1. The average Bonchev–Trinajstić information content (AvgIpc) is 2.76. The first kappa shape index (κ1) is 19.1. The molecule has 3 unspecified atom stereocenters. The standard InChI is InChI=1S/C14H28N2OS.ClH/c1-5-9-14(3,15)13(17)16(4)11-7-8-12(10-11)18-6-2;/h11-12H,5-10,15H2,1-4H3;1H. The minimum atomic E-state index is -0.695. The highest BCUT2D eigenvalue weighted by Crippen LogP contribution is 2.33. The summed E-state index contributed by atoms with van der Waals surface area (Å²) in [6, 6.07) is 0.390. The summed E-state index contributed by atoms with van der Waals surface area (Å²) in [4.78, 5) is 14.3. The average molecular weight is 309 g/mol. The van der Waals surface area contributed by atoms with Gasteiger partial charge >= 0.3 is 0 Å². The van der Waals surface area contributed by atoms with Crippen LogP contribution in [0.25, 0.3) is 0 Å². The van der Waals surface area contributed by atoms with Crippen LogP contribution in [0.2, 0.25) is 0 Å². The summed E-state index contributed by atoms with van der Waals surface area (Å²) in [6.45, 7) is 6.13. The van der Waals surface area contributed by atoms with Gasteiger partial charge < -0.3 is 10.6 Å². The number of thioether (sulfide) groups is 1. The van der Waals surface area contributed by atoms with Crippen LogP contribution < -0.4 is 5.73 Å². The van der Waals surface area contributed by atoms with Gasteiger partial charge in [0.2, 0.25) is 5.91 Å². The first-order chi connectivity index (χ1) is 8.42. The maximum atomic E-state index is 12.4. The zero-order valence-electron chi connectivity index (χ0n) is 12.6. The van der Waals surface area contributed by atoms with Crippen molar-refractivity contribution in [2.24, 2.45) is 5.73 Å². The number of likely N-dealkylation sites (N-methyl/N-ethyl adjacent to an activating group) is 1. The van der Waals surface area contributed by atoms with Gasteiger partial charge in [-0.05, 0) is 38.4 Å². The molecule has 0 heterocycles.